The Bertz CT molecular complexity index is 407. The van der Waals surface area contributed by atoms with Crippen molar-refractivity contribution in [2.75, 3.05) is 6.54 Å². The third-order valence-corrected chi connectivity index (χ3v) is 2.33. The van der Waals surface area contributed by atoms with Crippen molar-refractivity contribution in [3.63, 3.8) is 0 Å². The maximum atomic E-state index is 13.5. The van der Waals surface area contributed by atoms with Crippen LogP contribution in [0.2, 0.25) is 0 Å². The fourth-order valence-corrected chi connectivity index (χ4v) is 1.36. The fourth-order valence-electron chi connectivity index (χ4n) is 1.36. The van der Waals surface area contributed by atoms with Crippen LogP contribution >= 0.6 is 0 Å². The zero-order valence-corrected chi connectivity index (χ0v) is 9.18. The van der Waals surface area contributed by atoms with Gasteiger partial charge in [-0.15, -0.1) is 0 Å². The predicted octanol–water partition coefficient (Wildman–Crippen LogP) is 1.41. The highest BCUT2D eigenvalue weighted by atomic mass is 19.1. The fraction of sp³-hybridized carbons (Fsp3) is 0.364. The number of hydrogen-bond donors (Lipinski definition) is 2. The minimum Gasteiger partial charge on any atom is -0.369 e. The quantitative estimate of drug-likeness (QED) is 0.818. The van der Waals surface area contributed by atoms with Gasteiger partial charge >= 0.3 is 0 Å². The Labute approximate surface area is 92.6 Å². The normalized spacial score (nSPS) is 12.5. The number of hydrogen-bond acceptors (Lipinski definition) is 2. The topological polar surface area (TPSA) is 55.1 Å². The molecule has 16 heavy (non-hydrogen) atoms. The largest absolute Gasteiger partial charge is 0.369 e. The Hall–Kier alpha value is -1.49. The summed E-state index contributed by atoms with van der Waals surface area (Å²) in [5.74, 6) is -1.51. The van der Waals surface area contributed by atoms with Crippen molar-refractivity contribution in [3.8, 4) is 0 Å². The molecule has 1 unspecified atom stereocenters. The first kappa shape index (κ1) is 12.6. The lowest BCUT2D eigenvalue weighted by Gasteiger charge is -2.14. The van der Waals surface area contributed by atoms with Gasteiger partial charge in [0, 0.05) is 11.6 Å². The van der Waals surface area contributed by atoms with Crippen LogP contribution in [-0.4, -0.2) is 12.5 Å². The summed E-state index contributed by atoms with van der Waals surface area (Å²) in [7, 11) is 0. The number of amides is 1. The number of rotatable bonds is 4. The first-order chi connectivity index (χ1) is 7.41. The van der Waals surface area contributed by atoms with Crippen LogP contribution in [0.4, 0.5) is 8.78 Å². The van der Waals surface area contributed by atoms with E-state index in [9.17, 15) is 13.6 Å². The maximum absolute atomic E-state index is 13.5. The third kappa shape index (κ3) is 3.00. The highest BCUT2D eigenvalue weighted by Crippen LogP contribution is 2.20. The second-order valence-electron chi connectivity index (χ2n) is 3.69. The van der Waals surface area contributed by atoms with Gasteiger partial charge in [-0.05, 0) is 31.5 Å². The SMILES string of the molecule is Cc1cc(F)c(C(C)NCC(N)=O)cc1F. The van der Waals surface area contributed by atoms with Gasteiger partial charge in [0.15, 0.2) is 0 Å². The summed E-state index contributed by atoms with van der Waals surface area (Å²) in [4.78, 5) is 10.5. The molecule has 1 atom stereocenters. The second kappa shape index (κ2) is 5.03. The number of carbonyl (C=O) groups is 1. The monoisotopic (exact) mass is 228 g/mol. The van der Waals surface area contributed by atoms with E-state index >= 15 is 0 Å². The molecule has 0 fully saturated rings. The van der Waals surface area contributed by atoms with Crippen LogP contribution in [0.3, 0.4) is 0 Å². The molecule has 3 nitrogen and oxygen atoms in total. The summed E-state index contributed by atoms with van der Waals surface area (Å²) in [5, 5.41) is 2.70. The van der Waals surface area contributed by atoms with Crippen LogP contribution in [0.1, 0.15) is 24.1 Å². The summed E-state index contributed by atoms with van der Waals surface area (Å²) >= 11 is 0. The summed E-state index contributed by atoms with van der Waals surface area (Å²) in [6, 6.07) is 1.79. The van der Waals surface area contributed by atoms with Crippen molar-refractivity contribution in [2.24, 2.45) is 5.73 Å². The molecule has 0 aliphatic carbocycles. The van der Waals surface area contributed by atoms with Crippen molar-refractivity contribution in [3.05, 3.63) is 34.9 Å². The van der Waals surface area contributed by atoms with Crippen molar-refractivity contribution < 1.29 is 13.6 Å². The van der Waals surface area contributed by atoms with E-state index in [1.54, 1.807) is 6.92 Å². The number of aryl methyl sites for hydroxylation is 1. The second-order valence-corrected chi connectivity index (χ2v) is 3.69. The summed E-state index contributed by atoms with van der Waals surface area (Å²) in [6.45, 7) is 3.05. The minimum atomic E-state index is -0.542. The molecule has 0 aliphatic heterocycles. The Balaban J connectivity index is 2.86. The smallest absolute Gasteiger partial charge is 0.231 e. The van der Waals surface area contributed by atoms with E-state index in [0.29, 0.717) is 0 Å². The number of nitrogens with one attached hydrogen (secondary N) is 1. The average molecular weight is 228 g/mol. The Morgan fingerprint density at radius 2 is 2.06 bits per heavy atom. The van der Waals surface area contributed by atoms with Gasteiger partial charge in [-0.1, -0.05) is 0 Å². The molecule has 1 amide bonds. The van der Waals surface area contributed by atoms with Gasteiger partial charge in [0.1, 0.15) is 11.6 Å². The van der Waals surface area contributed by atoms with Crippen LogP contribution in [0.15, 0.2) is 12.1 Å². The van der Waals surface area contributed by atoms with Crippen LogP contribution in [0.5, 0.6) is 0 Å². The van der Waals surface area contributed by atoms with E-state index < -0.39 is 23.6 Å². The van der Waals surface area contributed by atoms with Crippen LogP contribution in [0.25, 0.3) is 0 Å². The van der Waals surface area contributed by atoms with Crippen molar-refractivity contribution in [1.82, 2.24) is 5.32 Å². The first-order valence-electron chi connectivity index (χ1n) is 4.89. The van der Waals surface area contributed by atoms with Gasteiger partial charge in [0.05, 0.1) is 6.54 Å². The van der Waals surface area contributed by atoms with Gasteiger partial charge in [0.2, 0.25) is 5.91 Å². The third-order valence-electron chi connectivity index (χ3n) is 2.33. The van der Waals surface area contributed by atoms with Crippen molar-refractivity contribution in [2.45, 2.75) is 19.9 Å². The summed E-state index contributed by atoms with van der Waals surface area (Å²) < 4.78 is 26.7. The van der Waals surface area contributed by atoms with E-state index in [1.165, 1.54) is 6.92 Å². The molecular formula is C11H14F2N2O. The number of carbonyl (C=O) groups excluding carboxylic acids is 1. The Morgan fingerprint density at radius 3 is 2.62 bits per heavy atom. The van der Waals surface area contributed by atoms with Crippen LogP contribution < -0.4 is 11.1 Å². The molecule has 0 spiro atoms. The first-order valence-corrected chi connectivity index (χ1v) is 4.89. The van der Waals surface area contributed by atoms with Crippen molar-refractivity contribution in [1.29, 1.82) is 0 Å². The molecule has 0 saturated carbocycles. The zero-order chi connectivity index (χ0) is 12.3. The van der Waals surface area contributed by atoms with Crippen LogP contribution in [0, 0.1) is 18.6 Å². The predicted molar refractivity (Wildman–Crippen MR) is 56.7 cm³/mol. The highest BCUT2D eigenvalue weighted by Gasteiger charge is 2.13. The standard InChI is InChI=1S/C11H14F2N2O/c1-6-3-10(13)8(4-9(6)12)7(2)15-5-11(14)16/h3-4,7,15H,5H2,1-2H3,(H2,14,16). The van der Waals surface area contributed by atoms with Crippen molar-refractivity contribution >= 4 is 5.91 Å². The molecule has 1 rings (SSSR count). The summed E-state index contributed by atoms with van der Waals surface area (Å²) in [6.07, 6.45) is 0. The minimum absolute atomic E-state index is 0.0733. The lowest BCUT2D eigenvalue weighted by molar-refractivity contribution is -0.117. The van der Waals surface area contributed by atoms with Gasteiger partial charge in [-0.25, -0.2) is 8.78 Å². The summed E-state index contributed by atoms with van der Waals surface area (Å²) in [5.41, 5.74) is 5.38. The molecule has 0 saturated heterocycles. The molecule has 88 valence electrons. The van der Waals surface area contributed by atoms with Crippen LogP contribution in [-0.2, 0) is 4.79 Å². The number of primary amides is 1. The molecular weight excluding hydrogens is 214 g/mol. The Kier molecular flexibility index (Phi) is 3.95. The lowest BCUT2D eigenvalue weighted by atomic mass is 10.1. The Morgan fingerprint density at radius 1 is 1.44 bits per heavy atom. The van der Waals surface area contributed by atoms with Gasteiger partial charge in [-0.3, -0.25) is 4.79 Å². The van der Waals surface area contributed by atoms with E-state index in [4.69, 9.17) is 5.73 Å². The van der Waals surface area contributed by atoms with Gasteiger partial charge < -0.3 is 11.1 Å². The van der Waals surface area contributed by atoms with E-state index in [2.05, 4.69) is 5.32 Å². The zero-order valence-electron chi connectivity index (χ0n) is 9.18. The van der Waals surface area contributed by atoms with Gasteiger partial charge in [-0.2, -0.15) is 0 Å². The number of halogens is 2. The van der Waals surface area contributed by atoms with E-state index in [1.807, 2.05) is 0 Å². The maximum Gasteiger partial charge on any atom is 0.231 e. The molecule has 0 aromatic heterocycles. The molecule has 1 aromatic carbocycles. The average Bonchev–Trinajstić information content (AvgIpc) is 2.20. The highest BCUT2D eigenvalue weighted by molar-refractivity contribution is 5.75. The molecule has 0 heterocycles. The molecule has 0 bridgehead atoms. The van der Waals surface area contributed by atoms with E-state index in [0.717, 1.165) is 12.1 Å². The molecule has 1 aromatic rings. The van der Waals surface area contributed by atoms with E-state index in [-0.39, 0.29) is 17.7 Å². The molecule has 5 heteroatoms. The molecule has 0 radical (unpaired) electrons. The number of nitrogens with two attached hydrogens (primary N) is 1. The lowest BCUT2D eigenvalue weighted by Crippen LogP contribution is -2.31. The van der Waals surface area contributed by atoms with Gasteiger partial charge in [0.25, 0.3) is 0 Å². The molecule has 3 N–H and O–H groups in total. The number of benzene rings is 1. The molecule has 0 aliphatic rings.